The number of carbonyl (C=O) groups is 1. The number of rotatable bonds is 3. The number of nitrogens with one attached hydrogen (secondary N) is 1. The lowest BCUT2D eigenvalue weighted by Crippen LogP contribution is -2.26. The van der Waals surface area contributed by atoms with Gasteiger partial charge in [0.2, 0.25) is 0 Å². The minimum Gasteiger partial charge on any atom is -0.459 e. The molecule has 1 N–H and O–H groups in total. The second-order valence-corrected chi connectivity index (χ2v) is 5.07. The van der Waals surface area contributed by atoms with E-state index >= 15 is 0 Å². The molecular weight excluding hydrogens is 276 g/mol. The van der Waals surface area contributed by atoms with Gasteiger partial charge in [0, 0.05) is 10.9 Å². The molecule has 0 radical (unpaired) electrons. The molecule has 0 spiro atoms. The van der Waals surface area contributed by atoms with E-state index in [4.69, 9.17) is 9.68 Å². The van der Waals surface area contributed by atoms with Gasteiger partial charge in [-0.05, 0) is 37.3 Å². The average molecular weight is 290 g/mol. The van der Waals surface area contributed by atoms with Crippen LogP contribution in [0.25, 0.3) is 11.0 Å². The van der Waals surface area contributed by atoms with Gasteiger partial charge in [-0.25, -0.2) is 0 Å². The lowest BCUT2D eigenvalue weighted by Gasteiger charge is -2.11. The lowest BCUT2D eigenvalue weighted by atomic mass is 10.1. The molecule has 4 heteroatoms. The van der Waals surface area contributed by atoms with Gasteiger partial charge in [-0.1, -0.05) is 24.3 Å². The summed E-state index contributed by atoms with van der Waals surface area (Å²) in [6, 6.07) is 18.0. The van der Waals surface area contributed by atoms with Gasteiger partial charge in [-0.3, -0.25) is 4.79 Å². The Hall–Kier alpha value is -3.06. The van der Waals surface area contributed by atoms with Gasteiger partial charge >= 0.3 is 0 Å². The number of carbonyl (C=O) groups excluding carboxylic acids is 1. The Balaban J connectivity index is 1.79. The quantitative estimate of drug-likeness (QED) is 0.798. The maximum atomic E-state index is 12.2. The van der Waals surface area contributed by atoms with E-state index in [-0.39, 0.29) is 11.9 Å². The van der Waals surface area contributed by atoms with E-state index in [2.05, 4.69) is 5.32 Å². The Labute approximate surface area is 128 Å². The molecule has 0 aliphatic heterocycles. The van der Waals surface area contributed by atoms with Gasteiger partial charge < -0.3 is 9.73 Å². The van der Waals surface area contributed by atoms with Gasteiger partial charge in [-0.2, -0.15) is 5.26 Å². The van der Waals surface area contributed by atoms with Gasteiger partial charge in [-0.15, -0.1) is 0 Å². The minimum atomic E-state index is -0.259. The summed E-state index contributed by atoms with van der Waals surface area (Å²) in [4.78, 5) is 12.2. The van der Waals surface area contributed by atoms with Crippen LogP contribution in [0, 0.1) is 11.3 Å². The van der Waals surface area contributed by atoms with Crippen LogP contribution in [0.4, 0.5) is 0 Å². The van der Waals surface area contributed by atoms with Crippen molar-refractivity contribution in [3.8, 4) is 6.07 Å². The first kappa shape index (κ1) is 13.9. The predicted octanol–water partition coefficient (Wildman–Crippen LogP) is 3.80. The number of hydrogen-bond acceptors (Lipinski definition) is 3. The van der Waals surface area contributed by atoms with Crippen molar-refractivity contribution in [1.29, 1.82) is 5.26 Å². The minimum absolute atomic E-state index is 0.231. The van der Waals surface area contributed by atoms with E-state index in [1.807, 2.05) is 43.3 Å². The van der Waals surface area contributed by atoms with Crippen LogP contribution in [0.2, 0.25) is 0 Å². The number of furan rings is 1. The van der Waals surface area contributed by atoms with Crippen LogP contribution in [0.3, 0.4) is 0 Å². The first-order valence-corrected chi connectivity index (χ1v) is 6.97. The third-order valence-corrected chi connectivity index (χ3v) is 3.47. The molecule has 108 valence electrons. The van der Waals surface area contributed by atoms with Crippen LogP contribution in [0.1, 0.15) is 34.6 Å². The fourth-order valence-corrected chi connectivity index (χ4v) is 2.30. The Kier molecular flexibility index (Phi) is 3.63. The first-order valence-electron chi connectivity index (χ1n) is 6.97. The number of hydrogen-bond donors (Lipinski definition) is 1. The van der Waals surface area contributed by atoms with Gasteiger partial charge in [0.1, 0.15) is 11.3 Å². The normalized spacial score (nSPS) is 11.8. The summed E-state index contributed by atoms with van der Waals surface area (Å²) in [5.74, 6) is 0.469. The molecule has 0 fully saturated rings. The van der Waals surface area contributed by atoms with Crippen molar-refractivity contribution in [1.82, 2.24) is 5.32 Å². The number of benzene rings is 2. The van der Waals surface area contributed by atoms with Crippen molar-refractivity contribution in [2.24, 2.45) is 0 Å². The number of fused-ring (bicyclic) bond motifs is 1. The first-order chi connectivity index (χ1) is 10.7. The van der Waals surface area contributed by atoms with Crippen molar-refractivity contribution in [2.45, 2.75) is 13.0 Å². The van der Waals surface area contributed by atoms with E-state index in [0.717, 1.165) is 11.0 Å². The second kappa shape index (κ2) is 5.74. The molecule has 22 heavy (non-hydrogen) atoms. The van der Waals surface area contributed by atoms with Crippen molar-refractivity contribution in [3.05, 3.63) is 71.5 Å². The standard InChI is InChI=1S/C18H14N2O2/c1-12(17-10-14-6-2-3-8-16(14)22-17)20-18(21)15-7-4-5-13(9-15)11-19/h2-10,12H,1H3,(H,20,21)/t12-/m1/s1. The summed E-state index contributed by atoms with van der Waals surface area (Å²) < 4.78 is 5.74. The Morgan fingerprint density at radius 3 is 2.77 bits per heavy atom. The van der Waals surface area contributed by atoms with Crippen LogP contribution in [0.15, 0.2) is 59.0 Å². The number of nitriles is 1. The van der Waals surface area contributed by atoms with Crippen LogP contribution in [0.5, 0.6) is 0 Å². The molecule has 1 amide bonds. The second-order valence-electron chi connectivity index (χ2n) is 5.07. The van der Waals surface area contributed by atoms with E-state index in [0.29, 0.717) is 16.9 Å². The predicted molar refractivity (Wildman–Crippen MR) is 83.3 cm³/mol. The summed E-state index contributed by atoms with van der Waals surface area (Å²) in [6.07, 6.45) is 0. The topological polar surface area (TPSA) is 66.0 Å². The van der Waals surface area contributed by atoms with Gasteiger partial charge in [0.25, 0.3) is 5.91 Å². The molecule has 0 aliphatic rings. The summed E-state index contributed by atoms with van der Waals surface area (Å²) in [5, 5.41) is 12.8. The van der Waals surface area contributed by atoms with Crippen molar-refractivity contribution >= 4 is 16.9 Å². The molecule has 0 aliphatic carbocycles. The summed E-state index contributed by atoms with van der Waals surface area (Å²) in [5.41, 5.74) is 1.72. The zero-order chi connectivity index (χ0) is 15.5. The van der Waals surface area contributed by atoms with Crippen LogP contribution in [-0.2, 0) is 0 Å². The highest BCUT2D eigenvalue weighted by atomic mass is 16.3. The summed E-state index contributed by atoms with van der Waals surface area (Å²) >= 11 is 0. The number of amides is 1. The smallest absolute Gasteiger partial charge is 0.251 e. The molecule has 1 heterocycles. The number of para-hydroxylation sites is 1. The molecule has 0 saturated carbocycles. The highest BCUT2D eigenvalue weighted by molar-refractivity contribution is 5.94. The fraction of sp³-hybridized carbons (Fsp3) is 0.111. The molecular formula is C18H14N2O2. The molecule has 0 saturated heterocycles. The van der Waals surface area contributed by atoms with E-state index in [1.165, 1.54) is 0 Å². The van der Waals surface area contributed by atoms with Gasteiger partial charge in [0.15, 0.2) is 0 Å². The molecule has 3 rings (SSSR count). The van der Waals surface area contributed by atoms with E-state index in [1.54, 1.807) is 24.3 Å². The lowest BCUT2D eigenvalue weighted by molar-refractivity contribution is 0.0935. The molecule has 1 aromatic heterocycles. The monoisotopic (exact) mass is 290 g/mol. The van der Waals surface area contributed by atoms with E-state index in [9.17, 15) is 4.79 Å². The van der Waals surface area contributed by atoms with Crippen molar-refractivity contribution in [2.75, 3.05) is 0 Å². The molecule has 3 aromatic rings. The Morgan fingerprint density at radius 2 is 2.00 bits per heavy atom. The SMILES string of the molecule is C[C@@H](NC(=O)c1cccc(C#N)c1)c1cc2ccccc2o1. The van der Waals surface area contributed by atoms with E-state index < -0.39 is 0 Å². The summed E-state index contributed by atoms with van der Waals surface area (Å²) in [6.45, 7) is 1.86. The zero-order valence-corrected chi connectivity index (χ0v) is 12.0. The molecule has 4 nitrogen and oxygen atoms in total. The molecule has 2 aromatic carbocycles. The molecule has 1 atom stereocenters. The van der Waals surface area contributed by atoms with Crippen molar-refractivity contribution < 1.29 is 9.21 Å². The Bertz CT molecular complexity index is 841. The third-order valence-electron chi connectivity index (χ3n) is 3.47. The largest absolute Gasteiger partial charge is 0.459 e. The average Bonchev–Trinajstić information content (AvgIpc) is 2.99. The Morgan fingerprint density at radius 1 is 1.18 bits per heavy atom. The highest BCUT2D eigenvalue weighted by Crippen LogP contribution is 2.23. The third kappa shape index (κ3) is 2.70. The molecule has 0 unspecified atom stereocenters. The number of nitrogens with zero attached hydrogens (tertiary/aromatic N) is 1. The maximum Gasteiger partial charge on any atom is 0.251 e. The van der Waals surface area contributed by atoms with Crippen LogP contribution in [-0.4, -0.2) is 5.91 Å². The van der Waals surface area contributed by atoms with Crippen LogP contribution < -0.4 is 5.32 Å². The van der Waals surface area contributed by atoms with Gasteiger partial charge in [0.05, 0.1) is 17.7 Å². The molecule has 0 bridgehead atoms. The highest BCUT2D eigenvalue weighted by Gasteiger charge is 2.15. The maximum absolute atomic E-state index is 12.2. The summed E-state index contributed by atoms with van der Waals surface area (Å²) in [7, 11) is 0. The zero-order valence-electron chi connectivity index (χ0n) is 12.0. The van der Waals surface area contributed by atoms with Crippen LogP contribution >= 0.6 is 0 Å². The fourth-order valence-electron chi connectivity index (χ4n) is 2.30. The van der Waals surface area contributed by atoms with Crippen molar-refractivity contribution in [3.63, 3.8) is 0 Å².